The summed E-state index contributed by atoms with van der Waals surface area (Å²) in [6, 6.07) is -3.15. The molecule has 0 saturated carbocycles. The van der Waals surface area contributed by atoms with Crippen LogP contribution in [-0.4, -0.2) is 275 Å². The fourth-order valence-corrected chi connectivity index (χ4v) is 7.83. The molecule has 5 fully saturated rings. The van der Waals surface area contributed by atoms with E-state index in [2.05, 4.69) is 10.6 Å². The van der Waals surface area contributed by atoms with Crippen LogP contribution in [0.5, 0.6) is 0 Å². The Morgan fingerprint density at radius 1 is 0.387 bits per heavy atom. The van der Waals surface area contributed by atoms with Crippen molar-refractivity contribution >= 4 is 11.8 Å². The summed E-state index contributed by atoms with van der Waals surface area (Å²) in [7, 11) is 0. The van der Waals surface area contributed by atoms with Gasteiger partial charge in [-0.3, -0.25) is 9.59 Å². The molecule has 28 heteroatoms. The average Bonchev–Trinajstić information content (AvgIpc) is 3.23. The van der Waals surface area contributed by atoms with Gasteiger partial charge in [0.2, 0.25) is 11.8 Å². The Balaban J connectivity index is 1.35. The number of rotatable bonds is 15. The van der Waals surface area contributed by atoms with Crippen LogP contribution >= 0.6 is 0 Å². The number of nitrogens with one attached hydrogen (secondary N) is 2. The topological polar surface area (TPSA) is 445 Å². The molecule has 25 atom stereocenters. The first-order valence-electron chi connectivity index (χ1n) is 19.6. The molecule has 0 radical (unpaired) electrons. The van der Waals surface area contributed by atoms with E-state index in [0.29, 0.717) is 0 Å². The Labute approximate surface area is 351 Å². The monoisotopic (exact) mass is 910 g/mol. The average molecular weight is 911 g/mol. The lowest BCUT2D eigenvalue weighted by Crippen LogP contribution is -2.70. The van der Waals surface area contributed by atoms with Crippen LogP contribution in [0.1, 0.15) is 13.8 Å². The van der Waals surface area contributed by atoms with Gasteiger partial charge in [-0.2, -0.15) is 0 Å². The zero-order valence-electron chi connectivity index (χ0n) is 33.2. The zero-order chi connectivity index (χ0) is 45.9. The molecule has 28 nitrogen and oxygen atoms in total. The van der Waals surface area contributed by atoms with Gasteiger partial charge >= 0.3 is 0 Å². The summed E-state index contributed by atoms with van der Waals surface area (Å²) in [5.41, 5.74) is 0. The molecule has 0 aromatic carbocycles. The number of hydrogen-bond acceptors (Lipinski definition) is 26. The fraction of sp³-hybridized carbons (Fsp3) is 0.941. The highest BCUT2D eigenvalue weighted by molar-refractivity contribution is 5.73. The highest BCUT2D eigenvalue weighted by atomic mass is 16.8. The van der Waals surface area contributed by atoms with Crippen molar-refractivity contribution < 1.29 is 129 Å². The molecule has 5 aliphatic heterocycles. The summed E-state index contributed by atoms with van der Waals surface area (Å²) in [4.78, 5) is 24.1. The van der Waals surface area contributed by atoms with Gasteiger partial charge in [-0.25, -0.2) is 0 Å². The van der Waals surface area contributed by atoms with Crippen LogP contribution in [0.25, 0.3) is 0 Å². The lowest BCUT2D eigenvalue weighted by atomic mass is 9.94. The van der Waals surface area contributed by atoms with Gasteiger partial charge in [0.1, 0.15) is 122 Å². The molecule has 0 aliphatic carbocycles. The molecule has 360 valence electrons. The van der Waals surface area contributed by atoms with E-state index in [1.165, 1.54) is 0 Å². The first-order chi connectivity index (χ1) is 29.3. The molecule has 17 N–H and O–H groups in total. The van der Waals surface area contributed by atoms with Crippen LogP contribution in [0.3, 0.4) is 0 Å². The van der Waals surface area contributed by atoms with Crippen LogP contribution in [0.2, 0.25) is 0 Å². The molecular weight excluding hydrogens is 852 g/mol. The predicted octanol–water partition coefficient (Wildman–Crippen LogP) is -11.6. The minimum absolute atomic E-state index is 0.685. The second kappa shape index (κ2) is 22.0. The van der Waals surface area contributed by atoms with Crippen LogP contribution in [-0.2, 0) is 52.2 Å². The van der Waals surface area contributed by atoms with E-state index in [9.17, 15) is 86.2 Å². The molecule has 5 saturated heterocycles. The Morgan fingerprint density at radius 2 is 0.726 bits per heavy atom. The number of carbonyl (C=O) groups excluding carboxylic acids is 2. The fourth-order valence-electron chi connectivity index (χ4n) is 7.83. The van der Waals surface area contributed by atoms with E-state index in [4.69, 9.17) is 42.6 Å². The standard InChI is InChI=1S/C34H58N2O26/c1-8(42)35-15-20(47)26(13(6-40)54-30(15)53)59-31-16(36-9(2)43)21(48)27(14(7-41)58-31)60-33-24(51)29(19(46)11(4-38)56-33)62-34-25(52)28(18(45)12(5-39)57-34)61-32-23(50)22(49)17(44)10(3-37)55-32/h10-34,37-41,44-53H,3-7H2,1-2H3,(H,35,42)(H,36,43)/t10-,11-,12-,13-,14-,15-,16-,17-,18-,19-,20-,21-,22+,23+,24+,25+,26-,27-,28+,29+,30-,31-,32-,33-,34-/m1/s1. The first kappa shape index (κ1) is 51.0. The Kier molecular flexibility index (Phi) is 18.1. The molecule has 62 heavy (non-hydrogen) atoms. The highest BCUT2D eigenvalue weighted by Gasteiger charge is 2.57. The Morgan fingerprint density at radius 3 is 1.16 bits per heavy atom. The maximum atomic E-state index is 12.4. The number of carbonyl (C=O) groups is 2. The number of hydrogen-bond donors (Lipinski definition) is 17. The van der Waals surface area contributed by atoms with Gasteiger partial charge in [-0.15, -0.1) is 0 Å². The zero-order valence-corrected chi connectivity index (χ0v) is 33.2. The van der Waals surface area contributed by atoms with Crippen LogP contribution in [0, 0.1) is 0 Å². The summed E-state index contributed by atoms with van der Waals surface area (Å²) >= 11 is 0. The second-order valence-electron chi connectivity index (χ2n) is 15.4. The van der Waals surface area contributed by atoms with Crippen molar-refractivity contribution in [3.05, 3.63) is 0 Å². The highest BCUT2D eigenvalue weighted by Crippen LogP contribution is 2.35. The van der Waals surface area contributed by atoms with Crippen molar-refractivity contribution in [2.75, 3.05) is 33.0 Å². The largest absolute Gasteiger partial charge is 0.394 e. The van der Waals surface area contributed by atoms with Crippen LogP contribution < -0.4 is 10.6 Å². The minimum Gasteiger partial charge on any atom is -0.394 e. The van der Waals surface area contributed by atoms with E-state index in [1.807, 2.05) is 0 Å². The SMILES string of the molecule is CC(=O)N[C@@H]1[C@@H](O)[C@H](O[C@H]2O[C@H](CO)[C@@H](O[C@H]3O[C@H](CO)[C@@H](O)[C@H](O[C@H]4O[C@H](CO)[C@@H](O)[C@H](O[C@H]5O[C@H](CO)[C@@H](O)[C@H](O)[C@@H]5O)[C@@H]4O)[C@@H]3O)[C@H](O)[C@H]2NC(C)=O)[C@@H](CO)O[C@H]1O. The molecule has 0 aromatic heterocycles. The minimum atomic E-state index is -2.16. The lowest BCUT2D eigenvalue weighted by Gasteiger charge is -2.50. The molecule has 5 aliphatic rings. The van der Waals surface area contributed by atoms with Crippen molar-refractivity contribution in [1.82, 2.24) is 10.6 Å². The number of amides is 2. The van der Waals surface area contributed by atoms with Gasteiger partial charge in [0.05, 0.1) is 33.0 Å². The molecule has 0 aromatic rings. The summed E-state index contributed by atoms with van der Waals surface area (Å²) in [6.45, 7) is -2.49. The van der Waals surface area contributed by atoms with E-state index in [-0.39, 0.29) is 0 Å². The number of ether oxygens (including phenoxy) is 9. The van der Waals surface area contributed by atoms with Gasteiger partial charge in [0.25, 0.3) is 0 Å². The van der Waals surface area contributed by atoms with E-state index in [0.717, 1.165) is 13.8 Å². The normalized spacial score (nSPS) is 49.0. The molecule has 0 bridgehead atoms. The van der Waals surface area contributed by atoms with Crippen LogP contribution in [0.4, 0.5) is 0 Å². The van der Waals surface area contributed by atoms with Gasteiger partial charge in [-0.1, -0.05) is 0 Å². The van der Waals surface area contributed by atoms with Crippen molar-refractivity contribution in [2.45, 2.75) is 167 Å². The first-order valence-corrected chi connectivity index (χ1v) is 19.6. The van der Waals surface area contributed by atoms with Gasteiger partial charge in [-0.05, 0) is 0 Å². The molecule has 0 spiro atoms. The molecular formula is C34H58N2O26. The molecule has 2 amide bonds. The quantitative estimate of drug-likeness (QED) is 0.0725. The third-order valence-electron chi connectivity index (χ3n) is 11.1. The van der Waals surface area contributed by atoms with E-state index >= 15 is 0 Å². The summed E-state index contributed by atoms with van der Waals surface area (Å²) in [5, 5.41) is 163. The van der Waals surface area contributed by atoms with Gasteiger partial charge < -0.3 is 130 Å². The predicted molar refractivity (Wildman–Crippen MR) is 190 cm³/mol. The second-order valence-corrected chi connectivity index (χ2v) is 15.4. The van der Waals surface area contributed by atoms with Gasteiger partial charge in [0, 0.05) is 13.8 Å². The third kappa shape index (κ3) is 10.8. The Hall–Kier alpha value is -2.02. The van der Waals surface area contributed by atoms with Crippen molar-refractivity contribution in [2.24, 2.45) is 0 Å². The van der Waals surface area contributed by atoms with Crippen molar-refractivity contribution in [3.8, 4) is 0 Å². The van der Waals surface area contributed by atoms with E-state index < -0.39 is 198 Å². The maximum Gasteiger partial charge on any atom is 0.217 e. The van der Waals surface area contributed by atoms with Crippen molar-refractivity contribution in [3.63, 3.8) is 0 Å². The van der Waals surface area contributed by atoms with Crippen LogP contribution in [0.15, 0.2) is 0 Å². The summed E-state index contributed by atoms with van der Waals surface area (Å²) in [5.74, 6) is -1.47. The Bertz CT molecular complexity index is 1440. The third-order valence-corrected chi connectivity index (χ3v) is 11.1. The summed E-state index contributed by atoms with van der Waals surface area (Å²) in [6.07, 6.45) is -42.4. The lowest BCUT2D eigenvalue weighted by molar-refractivity contribution is -0.389. The van der Waals surface area contributed by atoms with Gasteiger partial charge in [0.15, 0.2) is 31.5 Å². The van der Waals surface area contributed by atoms with Crippen molar-refractivity contribution in [1.29, 1.82) is 0 Å². The number of aliphatic hydroxyl groups excluding tert-OH is 15. The smallest absolute Gasteiger partial charge is 0.217 e. The maximum absolute atomic E-state index is 12.4. The number of aliphatic hydroxyl groups is 15. The molecule has 0 unspecified atom stereocenters. The van der Waals surface area contributed by atoms with E-state index in [1.54, 1.807) is 0 Å². The summed E-state index contributed by atoms with van der Waals surface area (Å²) < 4.78 is 50.6. The molecule has 5 heterocycles. The molecule has 5 rings (SSSR count).